The van der Waals surface area contributed by atoms with E-state index >= 15 is 0 Å². The van der Waals surface area contributed by atoms with Crippen molar-refractivity contribution in [1.29, 1.82) is 0 Å². The van der Waals surface area contributed by atoms with Crippen LogP contribution in [0.3, 0.4) is 0 Å². The number of thiophene rings is 1. The Bertz CT molecular complexity index is 1170. The predicted molar refractivity (Wildman–Crippen MR) is 129 cm³/mol. The normalized spacial score (nSPS) is 10.4. The zero-order valence-corrected chi connectivity index (χ0v) is 19.8. The number of nitro benzene ring substituents is 1. The van der Waals surface area contributed by atoms with Crippen LogP contribution in [0.5, 0.6) is 11.5 Å². The number of non-ortho nitro benzene ring substituents is 1. The van der Waals surface area contributed by atoms with Crippen molar-refractivity contribution in [2.45, 2.75) is 20.8 Å². The van der Waals surface area contributed by atoms with Gasteiger partial charge in [-0.2, -0.15) is 0 Å². The molecule has 34 heavy (non-hydrogen) atoms. The van der Waals surface area contributed by atoms with Gasteiger partial charge in [0.15, 0.2) is 6.61 Å². The highest BCUT2D eigenvalue weighted by Crippen LogP contribution is 2.40. The highest BCUT2D eigenvalue weighted by molar-refractivity contribution is 7.17. The Morgan fingerprint density at radius 3 is 2.15 bits per heavy atom. The van der Waals surface area contributed by atoms with Crippen LogP contribution in [0.25, 0.3) is 11.1 Å². The summed E-state index contributed by atoms with van der Waals surface area (Å²) in [6.07, 6.45) is 0. The van der Waals surface area contributed by atoms with Gasteiger partial charge in [-0.05, 0) is 62.7 Å². The number of amides is 1. The third kappa shape index (κ3) is 5.90. The number of aryl methyl sites for hydroxylation is 1. The van der Waals surface area contributed by atoms with Gasteiger partial charge in [0.05, 0.1) is 18.1 Å². The summed E-state index contributed by atoms with van der Waals surface area (Å²) in [6.45, 7) is 5.82. The Kier molecular flexibility index (Phi) is 8.20. The van der Waals surface area contributed by atoms with E-state index in [-0.39, 0.29) is 24.5 Å². The first-order chi connectivity index (χ1) is 16.3. The van der Waals surface area contributed by atoms with Crippen LogP contribution in [0.2, 0.25) is 0 Å². The molecule has 2 aromatic carbocycles. The molecule has 1 aromatic heterocycles. The SMILES string of the molecule is CCOC(=O)c1c(NC(=O)COc2ccc(OCC)cc2)sc(C)c1-c1ccc([N+](=O)[O-])cc1. The van der Waals surface area contributed by atoms with Gasteiger partial charge in [-0.1, -0.05) is 0 Å². The lowest BCUT2D eigenvalue weighted by molar-refractivity contribution is -0.384. The van der Waals surface area contributed by atoms with Crippen molar-refractivity contribution in [1.82, 2.24) is 0 Å². The molecule has 10 heteroatoms. The van der Waals surface area contributed by atoms with E-state index in [4.69, 9.17) is 14.2 Å². The van der Waals surface area contributed by atoms with Crippen molar-refractivity contribution in [3.05, 3.63) is 69.1 Å². The standard InChI is InChI=1S/C24H24N2O7S/c1-4-31-18-10-12-19(13-11-18)33-14-20(27)25-23-22(24(28)32-5-2)21(15(3)34-23)16-6-8-17(9-7-16)26(29)30/h6-13H,4-5,14H2,1-3H3,(H,25,27). The molecule has 1 amide bonds. The van der Waals surface area contributed by atoms with Crippen molar-refractivity contribution in [2.24, 2.45) is 0 Å². The molecule has 0 spiro atoms. The Morgan fingerprint density at radius 1 is 0.971 bits per heavy atom. The second kappa shape index (κ2) is 11.3. The molecule has 0 aliphatic heterocycles. The van der Waals surface area contributed by atoms with E-state index in [0.29, 0.717) is 34.2 Å². The van der Waals surface area contributed by atoms with Gasteiger partial charge in [-0.3, -0.25) is 14.9 Å². The van der Waals surface area contributed by atoms with Crippen molar-refractivity contribution in [3.63, 3.8) is 0 Å². The number of carbonyl (C=O) groups excluding carboxylic acids is 2. The molecule has 3 aromatic rings. The smallest absolute Gasteiger partial charge is 0.341 e. The number of hydrogen-bond acceptors (Lipinski definition) is 8. The van der Waals surface area contributed by atoms with Crippen molar-refractivity contribution in [2.75, 3.05) is 25.1 Å². The lowest BCUT2D eigenvalue weighted by Gasteiger charge is -2.10. The average molecular weight is 485 g/mol. The van der Waals surface area contributed by atoms with Gasteiger partial charge in [-0.25, -0.2) is 4.79 Å². The predicted octanol–water partition coefficient (Wildman–Crippen LogP) is 5.22. The first-order valence-corrected chi connectivity index (χ1v) is 11.4. The molecule has 0 atom stereocenters. The number of hydrogen-bond donors (Lipinski definition) is 1. The largest absolute Gasteiger partial charge is 0.494 e. The number of anilines is 1. The van der Waals surface area contributed by atoms with Crippen LogP contribution >= 0.6 is 11.3 Å². The van der Waals surface area contributed by atoms with Crippen LogP contribution in [0, 0.1) is 17.0 Å². The van der Waals surface area contributed by atoms with Crippen molar-refractivity contribution < 1.29 is 28.7 Å². The van der Waals surface area contributed by atoms with Gasteiger partial charge < -0.3 is 19.5 Å². The molecule has 0 aliphatic rings. The Morgan fingerprint density at radius 2 is 1.59 bits per heavy atom. The highest BCUT2D eigenvalue weighted by atomic mass is 32.1. The Balaban J connectivity index is 1.81. The minimum Gasteiger partial charge on any atom is -0.494 e. The van der Waals surface area contributed by atoms with Crippen LogP contribution in [-0.4, -0.2) is 36.6 Å². The molecule has 0 radical (unpaired) electrons. The van der Waals surface area contributed by atoms with E-state index in [0.717, 1.165) is 4.88 Å². The zero-order valence-electron chi connectivity index (χ0n) is 19.0. The van der Waals surface area contributed by atoms with E-state index in [1.807, 2.05) is 6.92 Å². The monoisotopic (exact) mass is 484 g/mol. The van der Waals surface area contributed by atoms with E-state index in [9.17, 15) is 19.7 Å². The maximum Gasteiger partial charge on any atom is 0.341 e. The molecule has 3 rings (SSSR count). The molecule has 178 valence electrons. The fourth-order valence-corrected chi connectivity index (χ4v) is 4.32. The summed E-state index contributed by atoms with van der Waals surface area (Å²) in [5, 5.41) is 14.0. The van der Waals surface area contributed by atoms with Crippen molar-refractivity contribution >= 4 is 33.9 Å². The highest BCUT2D eigenvalue weighted by Gasteiger charge is 2.26. The number of esters is 1. The number of benzene rings is 2. The minimum atomic E-state index is -0.595. The topological polar surface area (TPSA) is 117 Å². The third-order valence-electron chi connectivity index (χ3n) is 4.69. The van der Waals surface area contributed by atoms with E-state index in [1.54, 1.807) is 50.2 Å². The summed E-state index contributed by atoms with van der Waals surface area (Å²) >= 11 is 1.22. The second-order valence-electron chi connectivity index (χ2n) is 7.00. The molecule has 0 unspecified atom stereocenters. The van der Waals surface area contributed by atoms with Gasteiger partial charge in [-0.15, -0.1) is 11.3 Å². The number of nitrogens with zero attached hydrogens (tertiary/aromatic N) is 1. The van der Waals surface area contributed by atoms with Crippen LogP contribution < -0.4 is 14.8 Å². The maximum absolute atomic E-state index is 12.8. The lowest BCUT2D eigenvalue weighted by atomic mass is 10.0. The number of rotatable bonds is 10. The molecule has 1 heterocycles. The average Bonchev–Trinajstić information content (AvgIpc) is 3.14. The van der Waals surface area contributed by atoms with Crippen molar-refractivity contribution in [3.8, 4) is 22.6 Å². The van der Waals surface area contributed by atoms with Gasteiger partial charge in [0.2, 0.25) is 0 Å². The summed E-state index contributed by atoms with van der Waals surface area (Å²) in [5.41, 5.74) is 1.30. The molecule has 0 fully saturated rings. The Hall–Kier alpha value is -3.92. The van der Waals surface area contributed by atoms with Crippen LogP contribution in [0.15, 0.2) is 48.5 Å². The number of carbonyl (C=O) groups is 2. The molecule has 0 bridgehead atoms. The molecule has 0 aliphatic carbocycles. The number of ether oxygens (including phenoxy) is 3. The molecule has 9 nitrogen and oxygen atoms in total. The minimum absolute atomic E-state index is 0.0609. The zero-order chi connectivity index (χ0) is 24.7. The van der Waals surface area contributed by atoms with Gasteiger partial charge in [0, 0.05) is 22.6 Å². The van der Waals surface area contributed by atoms with Crippen LogP contribution in [0.4, 0.5) is 10.7 Å². The summed E-state index contributed by atoms with van der Waals surface area (Å²) in [4.78, 5) is 36.6. The summed E-state index contributed by atoms with van der Waals surface area (Å²) in [7, 11) is 0. The third-order valence-corrected chi connectivity index (χ3v) is 5.71. The quantitative estimate of drug-likeness (QED) is 0.238. The second-order valence-corrected chi connectivity index (χ2v) is 8.23. The molecule has 0 saturated carbocycles. The fraction of sp³-hybridized carbons (Fsp3) is 0.250. The molecular formula is C24H24N2O7S. The molecule has 0 saturated heterocycles. The summed E-state index contributed by atoms with van der Waals surface area (Å²) in [5.74, 6) is 0.156. The molecule has 1 N–H and O–H groups in total. The lowest BCUT2D eigenvalue weighted by Crippen LogP contribution is -2.21. The first kappa shape index (κ1) is 24.7. The van der Waals surface area contributed by atoms with E-state index in [1.165, 1.54) is 23.5 Å². The summed E-state index contributed by atoms with van der Waals surface area (Å²) in [6, 6.07) is 12.7. The first-order valence-electron chi connectivity index (χ1n) is 10.5. The van der Waals surface area contributed by atoms with Crippen LogP contribution in [0.1, 0.15) is 29.1 Å². The van der Waals surface area contributed by atoms with Gasteiger partial charge in [0.25, 0.3) is 11.6 Å². The van der Waals surface area contributed by atoms with E-state index in [2.05, 4.69) is 5.32 Å². The van der Waals surface area contributed by atoms with Gasteiger partial charge >= 0.3 is 5.97 Å². The van der Waals surface area contributed by atoms with Gasteiger partial charge in [0.1, 0.15) is 22.1 Å². The molecular weight excluding hydrogens is 460 g/mol. The van der Waals surface area contributed by atoms with E-state index < -0.39 is 16.8 Å². The fourth-order valence-electron chi connectivity index (χ4n) is 3.24. The summed E-state index contributed by atoms with van der Waals surface area (Å²) < 4.78 is 16.1. The number of nitrogens with one attached hydrogen (secondary N) is 1. The number of nitro groups is 1. The van der Waals surface area contributed by atoms with Crippen LogP contribution in [-0.2, 0) is 9.53 Å². The Labute approximate surface area is 200 Å². The maximum atomic E-state index is 12.8.